The quantitative estimate of drug-likeness (QED) is 0.521. The highest BCUT2D eigenvalue weighted by Gasteiger charge is 2.21. The van der Waals surface area contributed by atoms with Crippen molar-refractivity contribution >= 4 is 15.7 Å². The van der Waals surface area contributed by atoms with E-state index < -0.39 is 26.4 Å². The molecule has 1 saturated heterocycles. The van der Waals surface area contributed by atoms with Gasteiger partial charge in [-0.25, -0.2) is 13.1 Å². The molecule has 1 aliphatic rings. The minimum absolute atomic E-state index is 0.225. The number of nitrogens with one attached hydrogen (secondary N) is 2. The Morgan fingerprint density at radius 3 is 2.86 bits per heavy atom. The van der Waals surface area contributed by atoms with Crippen molar-refractivity contribution in [3.8, 4) is 5.75 Å². The molecular formula is C12H17N3O5S. The fraction of sp³-hybridized carbons (Fsp3) is 0.500. The van der Waals surface area contributed by atoms with Gasteiger partial charge < -0.3 is 10.4 Å². The fourth-order valence-electron chi connectivity index (χ4n) is 2.26. The van der Waals surface area contributed by atoms with E-state index in [1.807, 2.05) is 0 Å². The van der Waals surface area contributed by atoms with Gasteiger partial charge in [-0.1, -0.05) is 0 Å². The molecule has 9 heteroatoms. The van der Waals surface area contributed by atoms with E-state index in [1.54, 1.807) is 0 Å². The molecule has 1 aromatic rings. The van der Waals surface area contributed by atoms with Crippen LogP contribution in [0.25, 0.3) is 0 Å². The molecule has 0 saturated carbocycles. The third kappa shape index (κ3) is 3.90. The molecular weight excluding hydrogens is 298 g/mol. The van der Waals surface area contributed by atoms with Gasteiger partial charge in [0.25, 0.3) is 0 Å². The van der Waals surface area contributed by atoms with Crippen LogP contribution in [0.4, 0.5) is 5.69 Å². The second-order valence-electron chi connectivity index (χ2n) is 4.95. The molecule has 1 aromatic carbocycles. The molecule has 1 unspecified atom stereocenters. The summed E-state index contributed by atoms with van der Waals surface area (Å²) >= 11 is 0. The number of sulfonamides is 1. The summed E-state index contributed by atoms with van der Waals surface area (Å²) in [7, 11) is -3.81. The van der Waals surface area contributed by atoms with Gasteiger partial charge in [-0.2, -0.15) is 0 Å². The Kier molecular flexibility index (Phi) is 4.76. The van der Waals surface area contributed by atoms with Gasteiger partial charge in [0.2, 0.25) is 10.0 Å². The molecule has 1 fully saturated rings. The van der Waals surface area contributed by atoms with Gasteiger partial charge >= 0.3 is 5.69 Å². The molecule has 116 valence electrons. The summed E-state index contributed by atoms with van der Waals surface area (Å²) in [5.41, 5.74) is -0.627. The molecule has 0 bridgehead atoms. The highest BCUT2D eigenvalue weighted by molar-refractivity contribution is 7.89. The molecule has 0 spiro atoms. The van der Waals surface area contributed by atoms with Gasteiger partial charge in [0.05, 0.1) is 9.82 Å². The van der Waals surface area contributed by atoms with E-state index in [4.69, 9.17) is 0 Å². The van der Waals surface area contributed by atoms with Gasteiger partial charge in [0.15, 0.2) is 5.75 Å². The van der Waals surface area contributed by atoms with Gasteiger partial charge in [0, 0.05) is 12.6 Å². The lowest BCUT2D eigenvalue weighted by Gasteiger charge is -2.10. The summed E-state index contributed by atoms with van der Waals surface area (Å²) in [6, 6.07) is 3.00. The predicted molar refractivity (Wildman–Crippen MR) is 75.5 cm³/mol. The highest BCUT2D eigenvalue weighted by Crippen LogP contribution is 2.28. The first-order chi connectivity index (χ1) is 9.90. The Morgan fingerprint density at radius 2 is 2.24 bits per heavy atom. The molecule has 1 heterocycles. The molecule has 0 amide bonds. The first kappa shape index (κ1) is 15.7. The van der Waals surface area contributed by atoms with Gasteiger partial charge in [-0.05, 0) is 44.0 Å². The number of nitrogens with zero attached hydrogens (tertiary/aromatic N) is 1. The number of nitro benzene ring substituents is 1. The Labute approximate surface area is 122 Å². The van der Waals surface area contributed by atoms with Crippen LogP contribution in [0.3, 0.4) is 0 Å². The van der Waals surface area contributed by atoms with Crippen LogP contribution in [-0.2, 0) is 10.0 Å². The zero-order valence-electron chi connectivity index (χ0n) is 11.3. The number of benzene rings is 1. The number of phenols is 1. The van der Waals surface area contributed by atoms with Crippen molar-refractivity contribution in [2.45, 2.75) is 17.7 Å². The lowest BCUT2D eigenvalue weighted by atomic mass is 10.1. The van der Waals surface area contributed by atoms with E-state index in [0.29, 0.717) is 12.3 Å². The first-order valence-corrected chi connectivity index (χ1v) is 8.06. The highest BCUT2D eigenvalue weighted by atomic mass is 32.2. The zero-order valence-corrected chi connectivity index (χ0v) is 12.1. The summed E-state index contributed by atoms with van der Waals surface area (Å²) in [5, 5.41) is 23.2. The van der Waals surface area contributed by atoms with Gasteiger partial charge in [-0.3, -0.25) is 10.1 Å². The van der Waals surface area contributed by atoms with Gasteiger partial charge in [-0.15, -0.1) is 0 Å². The maximum atomic E-state index is 12.1. The van der Waals surface area contributed by atoms with E-state index >= 15 is 0 Å². The summed E-state index contributed by atoms with van der Waals surface area (Å²) in [4.78, 5) is 9.67. The summed E-state index contributed by atoms with van der Waals surface area (Å²) in [5.74, 6) is -0.113. The second kappa shape index (κ2) is 6.37. The van der Waals surface area contributed by atoms with Crippen LogP contribution >= 0.6 is 0 Å². The molecule has 1 aliphatic heterocycles. The lowest BCUT2D eigenvalue weighted by Crippen LogP contribution is -2.26. The maximum Gasteiger partial charge on any atom is 0.312 e. The molecule has 1 atom stereocenters. The van der Waals surface area contributed by atoms with E-state index in [2.05, 4.69) is 10.0 Å². The molecule has 3 N–H and O–H groups in total. The van der Waals surface area contributed by atoms with Crippen LogP contribution < -0.4 is 10.0 Å². The molecule has 2 rings (SSSR count). The number of phenolic OH excluding ortho intramolecular Hbond substituents is 1. The van der Waals surface area contributed by atoms with E-state index in [0.717, 1.165) is 37.7 Å². The summed E-state index contributed by atoms with van der Waals surface area (Å²) < 4.78 is 26.6. The number of nitro groups is 1. The fourth-order valence-corrected chi connectivity index (χ4v) is 3.33. The Hall–Kier alpha value is -1.71. The third-order valence-electron chi connectivity index (χ3n) is 3.46. The number of aromatic hydroxyl groups is 1. The zero-order chi connectivity index (χ0) is 15.5. The average molecular weight is 315 g/mol. The molecule has 0 radical (unpaired) electrons. The van der Waals surface area contributed by atoms with Crippen molar-refractivity contribution in [3.63, 3.8) is 0 Å². The minimum Gasteiger partial charge on any atom is -0.502 e. The standard InChI is InChI=1S/C12H17N3O5S/c16-12-2-1-10(7-11(12)15(17)18)21(19,20)14-6-4-9-3-5-13-8-9/h1-2,7,9,13-14,16H,3-6,8H2. The van der Waals surface area contributed by atoms with Crippen LogP contribution in [0.15, 0.2) is 23.1 Å². The normalized spacial score (nSPS) is 18.8. The molecule has 21 heavy (non-hydrogen) atoms. The monoisotopic (exact) mass is 315 g/mol. The Bertz CT molecular complexity index is 626. The van der Waals surface area contributed by atoms with Crippen molar-refractivity contribution in [2.75, 3.05) is 19.6 Å². The smallest absolute Gasteiger partial charge is 0.312 e. The third-order valence-corrected chi connectivity index (χ3v) is 4.92. The predicted octanol–water partition coefficient (Wildman–Crippen LogP) is 0.578. The van der Waals surface area contributed by atoms with E-state index in [-0.39, 0.29) is 11.4 Å². The van der Waals surface area contributed by atoms with Crippen molar-refractivity contribution in [1.82, 2.24) is 10.0 Å². The summed E-state index contributed by atoms with van der Waals surface area (Å²) in [6.07, 6.45) is 1.73. The van der Waals surface area contributed by atoms with Crippen molar-refractivity contribution in [1.29, 1.82) is 0 Å². The van der Waals surface area contributed by atoms with Crippen molar-refractivity contribution in [2.24, 2.45) is 5.92 Å². The van der Waals surface area contributed by atoms with E-state index in [1.165, 1.54) is 0 Å². The second-order valence-corrected chi connectivity index (χ2v) is 6.72. The maximum absolute atomic E-state index is 12.1. The van der Waals surface area contributed by atoms with Crippen molar-refractivity contribution in [3.05, 3.63) is 28.3 Å². The molecule has 8 nitrogen and oxygen atoms in total. The average Bonchev–Trinajstić information content (AvgIpc) is 2.91. The Balaban J connectivity index is 2.04. The van der Waals surface area contributed by atoms with Crippen LogP contribution in [-0.4, -0.2) is 38.1 Å². The van der Waals surface area contributed by atoms with E-state index in [9.17, 15) is 23.6 Å². The largest absolute Gasteiger partial charge is 0.502 e. The van der Waals surface area contributed by atoms with Crippen molar-refractivity contribution < 1.29 is 18.4 Å². The van der Waals surface area contributed by atoms with Crippen LogP contribution in [0.5, 0.6) is 5.75 Å². The topological polar surface area (TPSA) is 122 Å². The first-order valence-electron chi connectivity index (χ1n) is 6.58. The Morgan fingerprint density at radius 1 is 1.48 bits per heavy atom. The number of hydrogen-bond donors (Lipinski definition) is 3. The lowest BCUT2D eigenvalue weighted by molar-refractivity contribution is -0.386. The van der Waals surface area contributed by atoms with Crippen LogP contribution in [0, 0.1) is 16.0 Å². The minimum atomic E-state index is -3.81. The number of hydrogen-bond acceptors (Lipinski definition) is 6. The molecule has 0 aliphatic carbocycles. The SMILES string of the molecule is O=[N+]([O-])c1cc(S(=O)(=O)NCCC2CCNC2)ccc1O. The van der Waals surface area contributed by atoms with Crippen LogP contribution in [0.1, 0.15) is 12.8 Å². The van der Waals surface area contributed by atoms with Gasteiger partial charge in [0.1, 0.15) is 0 Å². The molecule has 0 aromatic heterocycles. The van der Waals surface area contributed by atoms with Crippen LogP contribution in [0.2, 0.25) is 0 Å². The summed E-state index contributed by atoms with van der Waals surface area (Å²) in [6.45, 7) is 2.11. The number of rotatable bonds is 6.